The fraction of sp³-hybridized carbons (Fsp3) is 0.389. The van der Waals surface area contributed by atoms with Gasteiger partial charge in [0.25, 0.3) is 5.91 Å². The Bertz CT molecular complexity index is 757. The second-order valence-electron chi connectivity index (χ2n) is 6.16. The SMILES string of the molecule is CCNC(=O)C1CCCN(C(=O)c2cc(-c3ccc(Br)cc3)n[nH]2)C1. The quantitative estimate of drug-likeness (QED) is 0.821. The lowest BCUT2D eigenvalue weighted by atomic mass is 9.97. The molecule has 7 heteroatoms. The molecule has 1 unspecified atom stereocenters. The van der Waals surface area contributed by atoms with E-state index in [0.717, 1.165) is 28.6 Å². The highest BCUT2D eigenvalue weighted by molar-refractivity contribution is 9.10. The van der Waals surface area contributed by atoms with Crippen molar-refractivity contribution in [2.45, 2.75) is 19.8 Å². The van der Waals surface area contributed by atoms with Crippen LogP contribution >= 0.6 is 15.9 Å². The van der Waals surface area contributed by atoms with Crippen LogP contribution in [0.4, 0.5) is 0 Å². The Hall–Kier alpha value is -2.15. The van der Waals surface area contributed by atoms with Gasteiger partial charge < -0.3 is 10.2 Å². The van der Waals surface area contributed by atoms with Crippen molar-refractivity contribution < 1.29 is 9.59 Å². The molecule has 2 heterocycles. The molecule has 2 aromatic rings. The summed E-state index contributed by atoms with van der Waals surface area (Å²) in [5.74, 6) is -0.212. The van der Waals surface area contributed by atoms with Crippen molar-refractivity contribution in [1.29, 1.82) is 0 Å². The van der Waals surface area contributed by atoms with Crippen LogP contribution in [0.5, 0.6) is 0 Å². The molecule has 0 radical (unpaired) electrons. The number of halogens is 1. The zero-order valence-electron chi connectivity index (χ0n) is 14.1. The highest BCUT2D eigenvalue weighted by atomic mass is 79.9. The van der Waals surface area contributed by atoms with Gasteiger partial charge in [0.05, 0.1) is 11.6 Å². The van der Waals surface area contributed by atoms with Crippen LogP contribution in [0.2, 0.25) is 0 Å². The number of H-pyrrole nitrogens is 1. The van der Waals surface area contributed by atoms with Gasteiger partial charge in [0, 0.05) is 29.7 Å². The number of amides is 2. The summed E-state index contributed by atoms with van der Waals surface area (Å²) < 4.78 is 0.993. The van der Waals surface area contributed by atoms with Gasteiger partial charge in [0.1, 0.15) is 5.69 Å². The normalized spacial score (nSPS) is 17.4. The average molecular weight is 405 g/mol. The molecule has 0 bridgehead atoms. The first-order valence-corrected chi connectivity index (χ1v) is 9.26. The Balaban J connectivity index is 1.70. The summed E-state index contributed by atoms with van der Waals surface area (Å²) in [6.07, 6.45) is 1.66. The number of benzene rings is 1. The molecule has 132 valence electrons. The van der Waals surface area contributed by atoms with E-state index in [9.17, 15) is 9.59 Å². The monoisotopic (exact) mass is 404 g/mol. The first kappa shape index (κ1) is 17.7. The van der Waals surface area contributed by atoms with Crippen LogP contribution in [0, 0.1) is 5.92 Å². The van der Waals surface area contributed by atoms with E-state index in [4.69, 9.17) is 0 Å². The lowest BCUT2D eigenvalue weighted by Gasteiger charge is -2.31. The predicted molar refractivity (Wildman–Crippen MR) is 99.0 cm³/mol. The fourth-order valence-corrected chi connectivity index (χ4v) is 3.33. The Kier molecular flexibility index (Phi) is 5.53. The third-order valence-electron chi connectivity index (χ3n) is 4.38. The number of carbonyl (C=O) groups is 2. The largest absolute Gasteiger partial charge is 0.356 e. The molecule has 25 heavy (non-hydrogen) atoms. The van der Waals surface area contributed by atoms with Gasteiger partial charge in [-0.25, -0.2) is 0 Å². The van der Waals surface area contributed by atoms with Crippen LogP contribution in [0.25, 0.3) is 11.3 Å². The van der Waals surface area contributed by atoms with Crippen LogP contribution in [0.1, 0.15) is 30.3 Å². The third-order valence-corrected chi connectivity index (χ3v) is 4.91. The summed E-state index contributed by atoms with van der Waals surface area (Å²) in [5.41, 5.74) is 2.12. The van der Waals surface area contributed by atoms with Crippen molar-refractivity contribution in [3.8, 4) is 11.3 Å². The maximum absolute atomic E-state index is 12.7. The van der Waals surface area contributed by atoms with E-state index in [0.29, 0.717) is 25.3 Å². The number of aromatic amines is 1. The van der Waals surface area contributed by atoms with E-state index >= 15 is 0 Å². The number of aromatic nitrogens is 2. The molecule has 1 aromatic carbocycles. The lowest BCUT2D eigenvalue weighted by molar-refractivity contribution is -0.126. The van der Waals surface area contributed by atoms with Gasteiger partial charge in [-0.15, -0.1) is 0 Å². The molecule has 1 aliphatic rings. The highest BCUT2D eigenvalue weighted by Crippen LogP contribution is 2.22. The second kappa shape index (κ2) is 7.82. The number of nitrogens with one attached hydrogen (secondary N) is 2. The van der Waals surface area contributed by atoms with Crippen LogP contribution in [-0.2, 0) is 4.79 Å². The van der Waals surface area contributed by atoms with Crippen molar-refractivity contribution in [1.82, 2.24) is 20.4 Å². The van der Waals surface area contributed by atoms with Crippen molar-refractivity contribution in [3.05, 3.63) is 40.5 Å². The number of rotatable bonds is 4. The second-order valence-corrected chi connectivity index (χ2v) is 7.07. The molecular formula is C18H21BrN4O2. The lowest BCUT2D eigenvalue weighted by Crippen LogP contribution is -2.45. The van der Waals surface area contributed by atoms with Gasteiger partial charge in [-0.05, 0) is 38.0 Å². The number of carbonyl (C=O) groups excluding carboxylic acids is 2. The van der Waals surface area contributed by atoms with E-state index in [1.165, 1.54) is 0 Å². The summed E-state index contributed by atoms with van der Waals surface area (Å²) in [5, 5.41) is 9.92. The van der Waals surface area contributed by atoms with Gasteiger partial charge in [-0.3, -0.25) is 14.7 Å². The van der Waals surface area contributed by atoms with Crippen molar-refractivity contribution in [2.75, 3.05) is 19.6 Å². The maximum Gasteiger partial charge on any atom is 0.271 e. The molecule has 1 saturated heterocycles. The summed E-state index contributed by atoms with van der Waals surface area (Å²) in [6.45, 7) is 3.64. The van der Waals surface area contributed by atoms with Crippen molar-refractivity contribution in [3.63, 3.8) is 0 Å². The van der Waals surface area contributed by atoms with Crippen LogP contribution in [0.15, 0.2) is 34.8 Å². The van der Waals surface area contributed by atoms with E-state index in [-0.39, 0.29) is 17.7 Å². The van der Waals surface area contributed by atoms with Gasteiger partial charge in [0.2, 0.25) is 5.91 Å². The summed E-state index contributed by atoms with van der Waals surface area (Å²) >= 11 is 3.41. The minimum absolute atomic E-state index is 0.0279. The molecule has 1 fully saturated rings. The number of piperidine rings is 1. The molecule has 1 aliphatic heterocycles. The Morgan fingerprint density at radius 3 is 2.84 bits per heavy atom. The van der Waals surface area contributed by atoms with Gasteiger partial charge in [0.15, 0.2) is 0 Å². The van der Waals surface area contributed by atoms with Gasteiger partial charge >= 0.3 is 0 Å². The number of nitrogens with zero attached hydrogens (tertiary/aromatic N) is 2. The molecule has 2 amide bonds. The zero-order valence-corrected chi connectivity index (χ0v) is 15.7. The zero-order chi connectivity index (χ0) is 17.8. The van der Waals surface area contributed by atoms with Gasteiger partial charge in [-0.2, -0.15) is 5.10 Å². The maximum atomic E-state index is 12.7. The molecule has 0 spiro atoms. The van der Waals surface area contributed by atoms with E-state index in [1.54, 1.807) is 11.0 Å². The molecule has 0 aliphatic carbocycles. The Morgan fingerprint density at radius 2 is 2.12 bits per heavy atom. The summed E-state index contributed by atoms with van der Waals surface area (Å²) in [4.78, 5) is 26.5. The molecule has 1 aromatic heterocycles. The van der Waals surface area contributed by atoms with Crippen LogP contribution < -0.4 is 5.32 Å². The molecule has 0 saturated carbocycles. The Morgan fingerprint density at radius 1 is 1.36 bits per heavy atom. The molecule has 2 N–H and O–H groups in total. The van der Waals surface area contributed by atoms with Gasteiger partial charge in [-0.1, -0.05) is 28.1 Å². The molecule has 1 atom stereocenters. The summed E-state index contributed by atoms with van der Waals surface area (Å²) in [7, 11) is 0. The number of hydrogen-bond acceptors (Lipinski definition) is 3. The predicted octanol–water partition coefficient (Wildman–Crippen LogP) is 2.83. The standard InChI is InChI=1S/C18H21BrN4O2/c1-2-20-17(24)13-4-3-9-23(11-13)18(25)16-10-15(21-22-16)12-5-7-14(19)8-6-12/h5-8,10,13H,2-4,9,11H2,1H3,(H,20,24)(H,21,22). The number of likely N-dealkylation sites (tertiary alicyclic amines) is 1. The van der Waals surface area contributed by atoms with Crippen LogP contribution in [0.3, 0.4) is 0 Å². The molecular weight excluding hydrogens is 384 g/mol. The Labute approximate surface area is 155 Å². The smallest absolute Gasteiger partial charge is 0.271 e. The van der Waals surface area contributed by atoms with Crippen LogP contribution in [-0.4, -0.2) is 46.5 Å². The minimum atomic E-state index is -0.133. The highest BCUT2D eigenvalue weighted by Gasteiger charge is 2.29. The number of hydrogen-bond donors (Lipinski definition) is 2. The average Bonchev–Trinajstić information content (AvgIpc) is 3.12. The van der Waals surface area contributed by atoms with Crippen molar-refractivity contribution in [2.24, 2.45) is 5.92 Å². The van der Waals surface area contributed by atoms with E-state index in [1.807, 2.05) is 31.2 Å². The summed E-state index contributed by atoms with van der Waals surface area (Å²) in [6, 6.07) is 9.53. The van der Waals surface area contributed by atoms with E-state index in [2.05, 4.69) is 31.4 Å². The van der Waals surface area contributed by atoms with E-state index < -0.39 is 0 Å². The molecule has 6 nitrogen and oxygen atoms in total. The third kappa shape index (κ3) is 4.10. The topological polar surface area (TPSA) is 78.1 Å². The van der Waals surface area contributed by atoms with Crippen molar-refractivity contribution >= 4 is 27.7 Å². The fourth-order valence-electron chi connectivity index (χ4n) is 3.06. The first-order valence-electron chi connectivity index (χ1n) is 8.47. The molecule has 3 rings (SSSR count). The minimum Gasteiger partial charge on any atom is -0.356 e. The first-order chi connectivity index (χ1) is 12.1.